The van der Waals surface area contributed by atoms with Gasteiger partial charge in [0.25, 0.3) is 0 Å². The maximum atomic E-state index is 4.52. The number of H-pyrrole nitrogens is 1. The number of fused-ring (bicyclic) bond motifs is 1. The second kappa shape index (κ2) is 12.2. The molecule has 0 bridgehead atoms. The van der Waals surface area contributed by atoms with E-state index in [0.29, 0.717) is 0 Å². The zero-order valence-corrected chi connectivity index (χ0v) is 21.1. The molecule has 2 nitrogen and oxygen atoms in total. The summed E-state index contributed by atoms with van der Waals surface area (Å²) in [6.45, 7) is 8.00. The number of allylic oxidation sites excluding steroid dienone is 18. The van der Waals surface area contributed by atoms with Gasteiger partial charge in [-0.15, -0.1) is 5.73 Å². The number of rotatable bonds is 6. The summed E-state index contributed by atoms with van der Waals surface area (Å²) in [6, 6.07) is 0. The Morgan fingerprint density at radius 2 is 2.03 bits per heavy atom. The Balaban J connectivity index is 1.60. The fourth-order valence-electron chi connectivity index (χ4n) is 4.62. The molecule has 1 aromatic heterocycles. The number of nitrogens with one attached hydrogen (secondary N) is 1. The molecule has 178 valence electrons. The van der Waals surface area contributed by atoms with Crippen LogP contribution in [0.3, 0.4) is 0 Å². The fraction of sp³-hybridized carbons (Fsp3) is 0.273. The summed E-state index contributed by atoms with van der Waals surface area (Å²) in [4.78, 5) is 0. The van der Waals surface area contributed by atoms with Crippen molar-refractivity contribution >= 4 is 11.1 Å². The van der Waals surface area contributed by atoms with Crippen molar-refractivity contribution in [1.29, 1.82) is 0 Å². The van der Waals surface area contributed by atoms with E-state index in [9.17, 15) is 0 Å². The molecule has 0 spiro atoms. The third-order valence-electron chi connectivity index (χ3n) is 6.51. The van der Waals surface area contributed by atoms with Gasteiger partial charge in [0.1, 0.15) is 0 Å². The van der Waals surface area contributed by atoms with E-state index in [1.54, 1.807) is 5.57 Å². The summed E-state index contributed by atoms with van der Waals surface area (Å²) in [5, 5.41) is 7.57. The van der Waals surface area contributed by atoms with E-state index in [1.807, 2.05) is 25.3 Å². The molecular formula is C33H36N2. The van der Waals surface area contributed by atoms with Gasteiger partial charge in [-0.25, -0.2) is 0 Å². The minimum atomic E-state index is 0.920. The smallest absolute Gasteiger partial charge is 0.0955 e. The molecule has 0 unspecified atom stereocenters. The van der Waals surface area contributed by atoms with E-state index in [0.717, 1.165) is 46.4 Å². The van der Waals surface area contributed by atoms with Gasteiger partial charge in [0.05, 0.1) is 5.69 Å². The lowest BCUT2D eigenvalue weighted by molar-refractivity contribution is 0.707. The highest BCUT2D eigenvalue weighted by Gasteiger charge is 2.12. The van der Waals surface area contributed by atoms with Crippen LogP contribution < -0.4 is 0 Å². The predicted octanol–water partition coefficient (Wildman–Crippen LogP) is 9.07. The summed E-state index contributed by atoms with van der Waals surface area (Å²) < 4.78 is 0. The Bertz CT molecular complexity index is 1270. The van der Waals surface area contributed by atoms with E-state index >= 15 is 0 Å². The Labute approximate surface area is 210 Å². The van der Waals surface area contributed by atoms with Gasteiger partial charge in [-0.3, -0.25) is 5.10 Å². The van der Waals surface area contributed by atoms with Crippen LogP contribution in [-0.2, 0) is 0 Å². The maximum Gasteiger partial charge on any atom is 0.0955 e. The largest absolute Gasteiger partial charge is 0.284 e. The van der Waals surface area contributed by atoms with Crippen molar-refractivity contribution in [2.24, 2.45) is 0 Å². The zero-order chi connectivity index (χ0) is 24.5. The predicted molar refractivity (Wildman–Crippen MR) is 151 cm³/mol. The highest BCUT2D eigenvalue weighted by molar-refractivity contribution is 5.83. The number of hydrogen-bond donors (Lipinski definition) is 1. The summed E-state index contributed by atoms with van der Waals surface area (Å²) in [6.07, 6.45) is 36.8. The van der Waals surface area contributed by atoms with Crippen LogP contribution in [0.4, 0.5) is 0 Å². The number of hydrogen-bond acceptors (Lipinski definition) is 1. The molecule has 0 aromatic carbocycles. The highest BCUT2D eigenvalue weighted by Crippen LogP contribution is 2.30. The van der Waals surface area contributed by atoms with Crippen molar-refractivity contribution in [3.05, 3.63) is 131 Å². The number of aromatic amines is 1. The van der Waals surface area contributed by atoms with Crippen molar-refractivity contribution < 1.29 is 0 Å². The lowest BCUT2D eigenvalue weighted by atomic mass is 9.92. The molecule has 0 saturated heterocycles. The second-order valence-corrected chi connectivity index (χ2v) is 9.53. The summed E-state index contributed by atoms with van der Waals surface area (Å²) in [5.41, 5.74) is 14.2. The van der Waals surface area contributed by atoms with E-state index in [2.05, 4.69) is 90.2 Å². The van der Waals surface area contributed by atoms with Crippen molar-refractivity contribution in [3.8, 4) is 0 Å². The second-order valence-electron chi connectivity index (χ2n) is 9.53. The van der Waals surface area contributed by atoms with E-state index in [4.69, 9.17) is 0 Å². The molecule has 1 N–H and O–H groups in total. The van der Waals surface area contributed by atoms with Gasteiger partial charge >= 0.3 is 0 Å². The van der Waals surface area contributed by atoms with Crippen LogP contribution in [0.1, 0.15) is 70.1 Å². The van der Waals surface area contributed by atoms with E-state index in [1.165, 1.54) is 43.3 Å². The standard InChI is InChI=1S/C33H36N2/c1-25(2)12-10-13-26(3)33-32(24-34-35-33)30-18-11-19-31-23-28(16-8-9-17-29(31)20-21-30)22-27-14-6-4-5-7-15-27/h9-14,16,18-21,23-24H,1,4-8,15,22H2,2-3H3,(H,34,35)/b12-10-,19-11+,21-20-,26-13+,28-16-,30-18-,31-23-. The average molecular weight is 461 g/mol. The highest BCUT2D eigenvalue weighted by atomic mass is 15.1. The van der Waals surface area contributed by atoms with Crippen LogP contribution >= 0.6 is 0 Å². The topological polar surface area (TPSA) is 28.7 Å². The lowest BCUT2D eigenvalue weighted by Gasteiger charge is -2.12. The number of nitrogens with zero attached hydrogens (tertiary/aromatic N) is 1. The van der Waals surface area contributed by atoms with Gasteiger partial charge in [-0.2, -0.15) is 5.10 Å². The van der Waals surface area contributed by atoms with Gasteiger partial charge in [-0.1, -0.05) is 84.9 Å². The van der Waals surface area contributed by atoms with Crippen LogP contribution in [0.25, 0.3) is 11.1 Å². The van der Waals surface area contributed by atoms with E-state index in [-0.39, 0.29) is 0 Å². The first kappa shape index (κ1) is 24.5. The van der Waals surface area contributed by atoms with Crippen molar-refractivity contribution in [2.45, 2.75) is 58.8 Å². The third kappa shape index (κ3) is 6.94. The molecule has 0 radical (unpaired) electrons. The summed E-state index contributed by atoms with van der Waals surface area (Å²) >= 11 is 0. The van der Waals surface area contributed by atoms with Crippen LogP contribution in [0.5, 0.6) is 0 Å². The van der Waals surface area contributed by atoms with Crippen LogP contribution in [0, 0.1) is 0 Å². The molecule has 0 atom stereocenters. The minimum absolute atomic E-state index is 0.920. The average Bonchev–Trinajstić information content (AvgIpc) is 3.16. The third-order valence-corrected chi connectivity index (χ3v) is 6.51. The molecule has 0 saturated carbocycles. The van der Waals surface area contributed by atoms with Gasteiger partial charge in [-0.05, 0) is 86.8 Å². The molecule has 2 heteroatoms. The Hall–Kier alpha value is -3.61. The van der Waals surface area contributed by atoms with Gasteiger partial charge in [0.15, 0.2) is 0 Å². The van der Waals surface area contributed by atoms with Gasteiger partial charge in [0, 0.05) is 17.3 Å². The molecule has 0 amide bonds. The quantitative estimate of drug-likeness (QED) is 0.256. The molecule has 0 fully saturated rings. The zero-order valence-electron chi connectivity index (χ0n) is 21.1. The molecule has 3 aliphatic carbocycles. The molecule has 1 heterocycles. The van der Waals surface area contributed by atoms with E-state index < -0.39 is 0 Å². The van der Waals surface area contributed by atoms with Crippen molar-refractivity contribution in [3.63, 3.8) is 0 Å². The SMILES string of the molecule is C=C(C)/C=C\C=C(/C)c1n[nH]cc1C1=C\C=C\C2=C\C(CC3=CCCCCC3)=C/CC=C=C2/C=C\1. The van der Waals surface area contributed by atoms with Crippen molar-refractivity contribution in [1.82, 2.24) is 10.2 Å². The monoisotopic (exact) mass is 460 g/mol. The number of aromatic nitrogens is 2. The van der Waals surface area contributed by atoms with Gasteiger partial charge in [0.2, 0.25) is 0 Å². The minimum Gasteiger partial charge on any atom is -0.284 e. The summed E-state index contributed by atoms with van der Waals surface area (Å²) in [5.74, 6) is 0. The van der Waals surface area contributed by atoms with Gasteiger partial charge < -0.3 is 0 Å². The first-order valence-corrected chi connectivity index (χ1v) is 12.8. The van der Waals surface area contributed by atoms with Crippen molar-refractivity contribution in [2.75, 3.05) is 0 Å². The maximum absolute atomic E-state index is 4.52. The van der Waals surface area contributed by atoms with Crippen LogP contribution in [0.15, 0.2) is 119 Å². The molecule has 3 aliphatic rings. The Kier molecular flexibility index (Phi) is 8.54. The first-order valence-electron chi connectivity index (χ1n) is 12.8. The molecule has 0 aliphatic heterocycles. The van der Waals surface area contributed by atoms with Crippen LogP contribution in [0.2, 0.25) is 0 Å². The molecule has 4 rings (SSSR count). The van der Waals surface area contributed by atoms with Crippen LogP contribution in [-0.4, -0.2) is 10.2 Å². The lowest BCUT2D eigenvalue weighted by Crippen LogP contribution is -1.93. The summed E-state index contributed by atoms with van der Waals surface area (Å²) in [7, 11) is 0. The normalized spacial score (nSPS) is 25.1. The molecule has 1 aromatic rings. The Morgan fingerprint density at radius 3 is 2.91 bits per heavy atom. The first-order chi connectivity index (χ1) is 17.1. The Morgan fingerprint density at radius 1 is 1.11 bits per heavy atom. The molecular weight excluding hydrogens is 424 g/mol. The fourth-order valence-corrected chi connectivity index (χ4v) is 4.62. The molecule has 35 heavy (non-hydrogen) atoms.